The Bertz CT molecular complexity index is 192. The second-order valence-electron chi connectivity index (χ2n) is 3.85. The van der Waals surface area contributed by atoms with Crippen LogP contribution in [0.1, 0.15) is 12.8 Å². The molecule has 0 aliphatic carbocycles. The lowest BCUT2D eigenvalue weighted by Gasteiger charge is -2.39. The van der Waals surface area contributed by atoms with Crippen LogP contribution >= 0.6 is 12.2 Å². The number of nitrogens with two attached hydrogens (primary N) is 1. The van der Waals surface area contributed by atoms with Gasteiger partial charge in [-0.3, -0.25) is 0 Å². The van der Waals surface area contributed by atoms with Gasteiger partial charge in [-0.05, 0) is 32.1 Å². The average Bonchev–Trinajstić information content (AvgIpc) is 2.24. The van der Waals surface area contributed by atoms with Gasteiger partial charge in [0, 0.05) is 25.2 Å². The van der Waals surface area contributed by atoms with E-state index < -0.39 is 0 Å². The van der Waals surface area contributed by atoms with Crippen LogP contribution in [0, 0.1) is 0 Å². The summed E-state index contributed by atoms with van der Waals surface area (Å²) in [6.07, 6.45) is 2.51. The van der Waals surface area contributed by atoms with E-state index in [1.807, 2.05) is 0 Å². The smallest absolute Gasteiger partial charge is 0.166 e. The summed E-state index contributed by atoms with van der Waals surface area (Å²) in [5.74, 6) is 0. The molecule has 4 heteroatoms. The second kappa shape index (κ2) is 2.85. The van der Waals surface area contributed by atoms with Gasteiger partial charge in [0.2, 0.25) is 0 Å². The molecule has 2 bridgehead atoms. The Kier molecular flexibility index (Phi) is 1.96. The van der Waals surface area contributed by atoms with Gasteiger partial charge in [0.05, 0.1) is 0 Å². The Morgan fingerprint density at radius 2 is 1.83 bits per heavy atom. The van der Waals surface area contributed by atoms with Gasteiger partial charge in [0.25, 0.3) is 0 Å². The molecular weight excluding hydrogens is 170 g/mol. The van der Waals surface area contributed by atoms with Crippen LogP contribution < -0.4 is 5.73 Å². The molecule has 0 spiro atoms. The summed E-state index contributed by atoms with van der Waals surface area (Å²) >= 11 is 5.03. The number of hydrogen-bond acceptors (Lipinski definition) is 2. The highest BCUT2D eigenvalue weighted by atomic mass is 32.1. The van der Waals surface area contributed by atoms with Crippen LogP contribution in [0.3, 0.4) is 0 Å². The fourth-order valence-electron chi connectivity index (χ4n) is 2.47. The Hall–Kier alpha value is -0.350. The number of likely N-dealkylation sites (tertiary alicyclic amines) is 1. The monoisotopic (exact) mass is 185 g/mol. The Balaban J connectivity index is 2.14. The molecule has 2 rings (SSSR count). The third kappa shape index (κ3) is 1.19. The molecule has 0 saturated carbocycles. The van der Waals surface area contributed by atoms with Crippen molar-refractivity contribution in [2.24, 2.45) is 5.73 Å². The summed E-state index contributed by atoms with van der Waals surface area (Å²) in [5.41, 5.74) is 5.67. The molecule has 0 radical (unpaired) electrons. The predicted octanol–water partition coefficient (Wildman–Crippen LogP) is 0.00840. The molecule has 0 aromatic heterocycles. The van der Waals surface area contributed by atoms with Crippen LogP contribution in [-0.4, -0.2) is 47.1 Å². The molecule has 0 aromatic carbocycles. The highest BCUT2D eigenvalue weighted by Gasteiger charge is 2.39. The van der Waals surface area contributed by atoms with Gasteiger partial charge in [-0.15, -0.1) is 0 Å². The zero-order valence-corrected chi connectivity index (χ0v) is 8.18. The maximum absolute atomic E-state index is 5.67. The van der Waals surface area contributed by atoms with E-state index in [0.29, 0.717) is 17.2 Å². The van der Waals surface area contributed by atoms with Crippen molar-refractivity contribution < 1.29 is 0 Å². The fraction of sp³-hybridized carbons (Fsp3) is 0.875. The zero-order chi connectivity index (χ0) is 8.72. The van der Waals surface area contributed by atoms with Crippen molar-refractivity contribution in [1.29, 1.82) is 0 Å². The minimum atomic E-state index is 0.589. The molecule has 2 saturated heterocycles. The number of piperazine rings is 1. The van der Waals surface area contributed by atoms with Crippen LogP contribution in [-0.2, 0) is 0 Å². The molecule has 2 heterocycles. The number of likely N-dealkylation sites (N-methyl/N-ethyl adjacent to an activating group) is 1. The van der Waals surface area contributed by atoms with Gasteiger partial charge in [0.15, 0.2) is 5.11 Å². The minimum absolute atomic E-state index is 0.589. The highest BCUT2D eigenvalue weighted by Crippen LogP contribution is 2.28. The van der Waals surface area contributed by atoms with Crippen molar-refractivity contribution in [1.82, 2.24) is 9.80 Å². The SMILES string of the molecule is CN1C[C@H]2CC[C@@H](C1)N2C(N)=S. The molecule has 0 amide bonds. The number of fused-ring (bicyclic) bond motifs is 2. The lowest BCUT2D eigenvalue weighted by molar-refractivity contribution is 0.145. The van der Waals surface area contributed by atoms with Crippen molar-refractivity contribution in [2.75, 3.05) is 20.1 Å². The first kappa shape index (κ1) is 8.26. The molecule has 3 nitrogen and oxygen atoms in total. The van der Waals surface area contributed by atoms with Crippen molar-refractivity contribution in [2.45, 2.75) is 24.9 Å². The summed E-state index contributed by atoms with van der Waals surface area (Å²) in [4.78, 5) is 4.60. The van der Waals surface area contributed by atoms with Crippen LogP contribution in [0.15, 0.2) is 0 Å². The van der Waals surface area contributed by atoms with E-state index in [2.05, 4.69) is 16.8 Å². The third-order valence-electron chi connectivity index (χ3n) is 2.92. The normalized spacial score (nSPS) is 35.6. The largest absolute Gasteiger partial charge is 0.376 e. The van der Waals surface area contributed by atoms with Gasteiger partial charge in [-0.2, -0.15) is 0 Å². The van der Waals surface area contributed by atoms with Gasteiger partial charge >= 0.3 is 0 Å². The first-order valence-electron chi connectivity index (χ1n) is 4.45. The van der Waals surface area contributed by atoms with E-state index >= 15 is 0 Å². The molecule has 0 aromatic rings. The van der Waals surface area contributed by atoms with Crippen molar-refractivity contribution in [3.63, 3.8) is 0 Å². The first-order valence-corrected chi connectivity index (χ1v) is 4.85. The van der Waals surface area contributed by atoms with E-state index in [1.165, 1.54) is 12.8 Å². The lowest BCUT2D eigenvalue weighted by atomic mass is 10.2. The van der Waals surface area contributed by atoms with Gasteiger partial charge in [-0.1, -0.05) is 0 Å². The van der Waals surface area contributed by atoms with Crippen LogP contribution in [0.5, 0.6) is 0 Å². The zero-order valence-electron chi connectivity index (χ0n) is 7.36. The number of rotatable bonds is 0. The maximum atomic E-state index is 5.67. The van der Waals surface area contributed by atoms with Crippen LogP contribution in [0.2, 0.25) is 0 Å². The van der Waals surface area contributed by atoms with Crippen molar-refractivity contribution in [3.8, 4) is 0 Å². The van der Waals surface area contributed by atoms with Gasteiger partial charge < -0.3 is 15.5 Å². The van der Waals surface area contributed by atoms with E-state index in [9.17, 15) is 0 Å². The Morgan fingerprint density at radius 1 is 1.33 bits per heavy atom. The van der Waals surface area contributed by atoms with Crippen LogP contribution in [0.25, 0.3) is 0 Å². The van der Waals surface area contributed by atoms with E-state index in [-0.39, 0.29) is 0 Å². The Morgan fingerprint density at radius 3 is 2.25 bits per heavy atom. The molecule has 2 N–H and O–H groups in total. The number of nitrogens with zero attached hydrogens (tertiary/aromatic N) is 2. The van der Waals surface area contributed by atoms with Crippen molar-refractivity contribution in [3.05, 3.63) is 0 Å². The molecule has 0 unspecified atom stereocenters. The average molecular weight is 185 g/mol. The highest BCUT2D eigenvalue weighted by molar-refractivity contribution is 7.80. The molecule has 2 fully saturated rings. The summed E-state index contributed by atoms with van der Waals surface area (Å²) in [6, 6.07) is 1.18. The summed E-state index contributed by atoms with van der Waals surface area (Å²) in [5, 5.41) is 0.593. The molecule has 68 valence electrons. The predicted molar refractivity (Wildman–Crippen MR) is 52.9 cm³/mol. The second-order valence-corrected chi connectivity index (χ2v) is 4.27. The van der Waals surface area contributed by atoms with Gasteiger partial charge in [0.1, 0.15) is 0 Å². The third-order valence-corrected chi connectivity index (χ3v) is 3.13. The molecule has 12 heavy (non-hydrogen) atoms. The number of thiocarbonyl (C=S) groups is 1. The summed E-state index contributed by atoms with van der Waals surface area (Å²) in [6.45, 7) is 2.24. The Labute approximate surface area is 78.5 Å². The first-order chi connectivity index (χ1) is 5.68. The van der Waals surface area contributed by atoms with E-state index in [0.717, 1.165) is 13.1 Å². The maximum Gasteiger partial charge on any atom is 0.166 e. The quantitative estimate of drug-likeness (QED) is 0.539. The molecule has 2 aliphatic heterocycles. The fourth-order valence-corrected chi connectivity index (χ4v) is 2.77. The number of hydrogen-bond donors (Lipinski definition) is 1. The topological polar surface area (TPSA) is 32.5 Å². The molecule has 2 aliphatic rings. The van der Waals surface area contributed by atoms with Crippen LogP contribution in [0.4, 0.5) is 0 Å². The van der Waals surface area contributed by atoms with E-state index in [1.54, 1.807) is 0 Å². The van der Waals surface area contributed by atoms with E-state index in [4.69, 9.17) is 18.0 Å². The summed E-state index contributed by atoms with van der Waals surface area (Å²) < 4.78 is 0. The lowest BCUT2D eigenvalue weighted by Crippen LogP contribution is -2.56. The van der Waals surface area contributed by atoms with Crippen molar-refractivity contribution >= 4 is 17.3 Å². The molecular formula is C8H15N3S. The standard InChI is InChI=1S/C8H15N3S/c1-10-4-6-2-3-7(5-10)11(6)8(9)12/h6-7H,2-5H2,1H3,(H2,9,12)/t6-,7+. The molecule has 2 atom stereocenters. The minimum Gasteiger partial charge on any atom is -0.376 e. The summed E-state index contributed by atoms with van der Waals surface area (Å²) in [7, 11) is 2.17. The van der Waals surface area contributed by atoms with Gasteiger partial charge in [-0.25, -0.2) is 0 Å².